The Kier molecular flexibility index (Phi) is 6.15. The van der Waals surface area contributed by atoms with Crippen LogP contribution in [0.15, 0.2) is 102 Å². The van der Waals surface area contributed by atoms with Gasteiger partial charge in [-0.05, 0) is 42.5 Å². The molecule has 6 aromatic rings. The molecule has 0 bridgehead atoms. The lowest BCUT2D eigenvalue weighted by Gasteiger charge is -2.27. The number of hydrogen-bond acceptors (Lipinski definition) is 3. The van der Waals surface area contributed by atoms with Crippen LogP contribution < -0.4 is 5.56 Å². The first kappa shape index (κ1) is 28.0. The van der Waals surface area contributed by atoms with Crippen LogP contribution >= 0.6 is 0 Å². The van der Waals surface area contributed by atoms with E-state index in [9.17, 15) is 45.4 Å². The first-order valence-electron chi connectivity index (χ1n) is 12.6. The summed E-state index contributed by atoms with van der Waals surface area (Å²) in [6.07, 6.45) is -6.83. The standard InChI is InChI=1S/C31H17F7N2O3/c32-29(33,30(34,35)31(36,37)38)27(42)25-26(41)21-15-14-18(16-24(21)40(28(25)43)17-8-2-1-3-9-17)39-22-12-6-4-10-19(22)20-11-5-7-13-23(20)39/h1-16,41H. The first-order valence-corrected chi connectivity index (χ1v) is 12.6. The molecule has 1 N–H and O–H groups in total. The van der Waals surface area contributed by atoms with E-state index in [1.54, 1.807) is 18.2 Å². The summed E-state index contributed by atoms with van der Waals surface area (Å²) in [6, 6.07) is 25.9. The fourth-order valence-corrected chi connectivity index (χ4v) is 5.22. The van der Waals surface area contributed by atoms with Crippen LogP contribution in [-0.4, -0.2) is 38.0 Å². The van der Waals surface area contributed by atoms with Crippen LogP contribution in [0, 0.1) is 0 Å². The second-order valence-electron chi connectivity index (χ2n) is 9.75. The summed E-state index contributed by atoms with van der Waals surface area (Å²) in [5.74, 6) is -17.9. The molecule has 218 valence electrons. The molecule has 0 radical (unpaired) electrons. The van der Waals surface area contributed by atoms with Gasteiger partial charge in [-0.15, -0.1) is 0 Å². The van der Waals surface area contributed by atoms with Gasteiger partial charge >= 0.3 is 18.0 Å². The quantitative estimate of drug-likeness (QED) is 0.163. The number of nitrogens with zero attached hydrogens (tertiary/aromatic N) is 2. The largest absolute Gasteiger partial charge is 0.506 e. The molecule has 0 aliphatic carbocycles. The van der Waals surface area contributed by atoms with Gasteiger partial charge in [-0.1, -0.05) is 54.6 Å². The van der Waals surface area contributed by atoms with Crippen LogP contribution in [0.3, 0.4) is 0 Å². The van der Waals surface area contributed by atoms with Crippen molar-refractivity contribution < 1.29 is 40.6 Å². The Hall–Kier alpha value is -5.13. The maximum atomic E-state index is 14.5. The summed E-state index contributed by atoms with van der Waals surface area (Å²) in [5.41, 5.74) is -1.84. The van der Waals surface area contributed by atoms with E-state index in [0.29, 0.717) is 10.3 Å². The number of pyridine rings is 1. The molecule has 0 atom stereocenters. The molecule has 2 aromatic heterocycles. The molecule has 0 aliphatic rings. The van der Waals surface area contributed by atoms with Crippen LogP contribution in [0.2, 0.25) is 0 Å². The molecule has 0 aliphatic heterocycles. The zero-order valence-electron chi connectivity index (χ0n) is 21.5. The Balaban J connectivity index is 1.68. The number of benzene rings is 4. The van der Waals surface area contributed by atoms with E-state index in [0.717, 1.165) is 21.8 Å². The molecule has 43 heavy (non-hydrogen) atoms. The van der Waals surface area contributed by atoms with E-state index in [4.69, 9.17) is 0 Å². The Bertz CT molecular complexity index is 2080. The Morgan fingerprint density at radius 2 is 1.14 bits per heavy atom. The molecule has 0 amide bonds. The first-order chi connectivity index (χ1) is 20.3. The SMILES string of the molecule is O=C(c1c(O)c2ccc(-n3c4ccccc4c4ccccc43)cc2n(-c2ccccc2)c1=O)C(F)(F)C(F)(F)C(F)(F)F. The Morgan fingerprint density at radius 1 is 0.605 bits per heavy atom. The van der Waals surface area contributed by atoms with Gasteiger partial charge in [-0.2, -0.15) is 30.7 Å². The maximum Gasteiger partial charge on any atom is 0.460 e. The molecule has 5 nitrogen and oxygen atoms in total. The average molecular weight is 598 g/mol. The van der Waals surface area contributed by atoms with Crippen LogP contribution in [0.4, 0.5) is 30.7 Å². The van der Waals surface area contributed by atoms with Gasteiger partial charge in [0.2, 0.25) is 5.78 Å². The molecule has 0 fully saturated rings. The smallest absolute Gasteiger partial charge is 0.460 e. The van der Waals surface area contributed by atoms with Crippen LogP contribution in [-0.2, 0) is 0 Å². The maximum absolute atomic E-state index is 14.5. The highest BCUT2D eigenvalue weighted by Crippen LogP contribution is 2.48. The van der Waals surface area contributed by atoms with Crippen molar-refractivity contribution in [1.82, 2.24) is 9.13 Å². The highest BCUT2D eigenvalue weighted by atomic mass is 19.4. The van der Waals surface area contributed by atoms with E-state index in [1.807, 2.05) is 41.0 Å². The molecule has 0 saturated carbocycles. The highest BCUT2D eigenvalue weighted by Gasteiger charge is 2.76. The normalized spacial score (nSPS) is 12.8. The molecular formula is C31H17F7N2O3. The molecule has 2 heterocycles. The number of alkyl halides is 7. The van der Waals surface area contributed by atoms with Crippen molar-refractivity contribution in [3.8, 4) is 17.1 Å². The number of aromatic hydroxyl groups is 1. The van der Waals surface area contributed by atoms with E-state index >= 15 is 0 Å². The van der Waals surface area contributed by atoms with Crippen molar-refractivity contribution in [1.29, 1.82) is 0 Å². The molecule has 0 unspecified atom stereocenters. The minimum atomic E-state index is -6.83. The van der Waals surface area contributed by atoms with Gasteiger partial charge in [0.05, 0.1) is 16.6 Å². The van der Waals surface area contributed by atoms with Crippen LogP contribution in [0.1, 0.15) is 10.4 Å². The monoisotopic (exact) mass is 598 g/mol. The molecule has 0 saturated heterocycles. The fraction of sp³-hybridized carbons (Fsp3) is 0.0968. The van der Waals surface area contributed by atoms with Gasteiger partial charge < -0.3 is 9.67 Å². The summed E-state index contributed by atoms with van der Waals surface area (Å²) in [4.78, 5) is 26.3. The number of para-hydroxylation sites is 3. The Labute approximate surface area is 236 Å². The van der Waals surface area contributed by atoms with E-state index < -0.39 is 46.1 Å². The summed E-state index contributed by atoms with van der Waals surface area (Å²) in [7, 11) is 0. The number of rotatable bonds is 5. The van der Waals surface area contributed by atoms with Gasteiger partial charge in [0, 0.05) is 27.5 Å². The third-order valence-corrected chi connectivity index (χ3v) is 7.25. The topological polar surface area (TPSA) is 64.2 Å². The van der Waals surface area contributed by atoms with Crippen molar-refractivity contribution in [2.24, 2.45) is 0 Å². The second-order valence-corrected chi connectivity index (χ2v) is 9.75. The van der Waals surface area contributed by atoms with Crippen molar-refractivity contribution in [3.63, 3.8) is 0 Å². The molecule has 0 spiro atoms. The number of Topliss-reactive ketones (excluding diaryl/α,β-unsaturated/α-hetero) is 1. The molecular weight excluding hydrogens is 581 g/mol. The minimum absolute atomic E-state index is 0.0307. The van der Waals surface area contributed by atoms with Crippen LogP contribution in [0.5, 0.6) is 5.75 Å². The van der Waals surface area contributed by atoms with Gasteiger partial charge in [-0.3, -0.25) is 14.2 Å². The summed E-state index contributed by atoms with van der Waals surface area (Å²) in [5, 5.41) is 12.2. The molecule has 12 heteroatoms. The second kappa shape index (κ2) is 9.45. The summed E-state index contributed by atoms with van der Waals surface area (Å²) in [6.45, 7) is 0. The van der Waals surface area contributed by atoms with Crippen molar-refractivity contribution in [3.05, 3.63) is 113 Å². The minimum Gasteiger partial charge on any atom is -0.506 e. The fourth-order valence-electron chi connectivity index (χ4n) is 5.22. The average Bonchev–Trinajstić information content (AvgIpc) is 3.31. The van der Waals surface area contributed by atoms with Gasteiger partial charge in [0.15, 0.2) is 0 Å². The number of aromatic nitrogens is 2. The van der Waals surface area contributed by atoms with Crippen molar-refractivity contribution >= 4 is 38.5 Å². The van der Waals surface area contributed by atoms with E-state index in [2.05, 4.69) is 0 Å². The third kappa shape index (κ3) is 4.00. The number of fused-ring (bicyclic) bond motifs is 4. The lowest BCUT2D eigenvalue weighted by atomic mass is 9.98. The van der Waals surface area contributed by atoms with E-state index in [1.165, 1.54) is 42.5 Å². The van der Waals surface area contributed by atoms with Crippen molar-refractivity contribution in [2.45, 2.75) is 18.0 Å². The van der Waals surface area contributed by atoms with Gasteiger partial charge in [0.1, 0.15) is 11.3 Å². The van der Waals surface area contributed by atoms with Gasteiger partial charge in [-0.25, -0.2) is 0 Å². The van der Waals surface area contributed by atoms with Crippen LogP contribution in [0.25, 0.3) is 44.1 Å². The molecule has 6 rings (SSSR count). The summed E-state index contributed by atoms with van der Waals surface area (Å²) < 4.78 is 97.9. The zero-order chi connectivity index (χ0) is 30.9. The number of ketones is 1. The van der Waals surface area contributed by atoms with E-state index in [-0.39, 0.29) is 11.2 Å². The number of hydrogen-bond donors (Lipinski definition) is 1. The number of carbonyl (C=O) groups excluding carboxylic acids is 1. The third-order valence-electron chi connectivity index (χ3n) is 7.25. The zero-order valence-corrected chi connectivity index (χ0v) is 21.5. The predicted octanol–water partition coefficient (Wildman–Crippen LogP) is 7.81. The summed E-state index contributed by atoms with van der Waals surface area (Å²) >= 11 is 0. The lowest BCUT2D eigenvalue weighted by molar-refractivity contribution is -0.339. The Morgan fingerprint density at radius 3 is 1.70 bits per heavy atom. The predicted molar refractivity (Wildman–Crippen MR) is 146 cm³/mol. The van der Waals surface area contributed by atoms with Gasteiger partial charge in [0.25, 0.3) is 5.56 Å². The number of carbonyl (C=O) groups is 1. The van der Waals surface area contributed by atoms with Crippen molar-refractivity contribution in [2.75, 3.05) is 0 Å². The number of halogens is 7. The highest BCUT2D eigenvalue weighted by molar-refractivity contribution is 6.10. The lowest BCUT2D eigenvalue weighted by Crippen LogP contribution is -2.57. The molecule has 4 aromatic carbocycles.